The van der Waals surface area contributed by atoms with Gasteiger partial charge in [-0.25, -0.2) is 13.1 Å². The Morgan fingerprint density at radius 1 is 1.19 bits per heavy atom. The summed E-state index contributed by atoms with van der Waals surface area (Å²) in [5.74, 6) is -0.306. The number of methoxy groups -OCH3 is 1. The third-order valence-corrected chi connectivity index (χ3v) is 5.02. The van der Waals surface area contributed by atoms with Crippen LogP contribution in [0.1, 0.15) is 21.5 Å². The van der Waals surface area contributed by atoms with Crippen LogP contribution in [0.15, 0.2) is 53.4 Å². The van der Waals surface area contributed by atoms with E-state index in [1.54, 1.807) is 30.3 Å². The van der Waals surface area contributed by atoms with Crippen molar-refractivity contribution in [3.8, 4) is 6.07 Å². The minimum Gasteiger partial charge on any atom is -0.383 e. The molecule has 1 amide bonds. The molecule has 0 aromatic heterocycles. The molecule has 0 aliphatic carbocycles. The molecule has 26 heavy (non-hydrogen) atoms. The van der Waals surface area contributed by atoms with Gasteiger partial charge in [0.05, 0.1) is 23.1 Å². The van der Waals surface area contributed by atoms with E-state index >= 15 is 0 Å². The number of sulfonamides is 1. The third-order valence-electron chi connectivity index (χ3n) is 3.54. The van der Waals surface area contributed by atoms with Gasteiger partial charge < -0.3 is 10.1 Å². The number of benzene rings is 2. The Balaban J connectivity index is 1.97. The van der Waals surface area contributed by atoms with Crippen LogP contribution < -0.4 is 10.0 Å². The highest BCUT2D eigenvalue weighted by atomic mass is 32.2. The van der Waals surface area contributed by atoms with E-state index in [2.05, 4.69) is 10.0 Å². The molecule has 2 N–H and O–H groups in total. The molecule has 2 aromatic carbocycles. The fraction of sp³-hybridized carbons (Fsp3) is 0.222. The molecule has 7 nitrogen and oxygen atoms in total. The first-order valence-corrected chi connectivity index (χ1v) is 9.30. The summed E-state index contributed by atoms with van der Waals surface area (Å²) in [5, 5.41) is 11.6. The van der Waals surface area contributed by atoms with Crippen LogP contribution in [0.25, 0.3) is 0 Å². The Morgan fingerprint density at radius 2 is 1.92 bits per heavy atom. The molecule has 8 heteroatoms. The van der Waals surface area contributed by atoms with Crippen LogP contribution in [0.3, 0.4) is 0 Å². The van der Waals surface area contributed by atoms with Gasteiger partial charge in [-0.15, -0.1) is 0 Å². The lowest BCUT2D eigenvalue weighted by atomic mass is 10.1. The van der Waals surface area contributed by atoms with Crippen LogP contribution in [0, 0.1) is 11.3 Å². The zero-order chi connectivity index (χ0) is 19.0. The summed E-state index contributed by atoms with van der Waals surface area (Å²) in [6.45, 7) is 0.724. The number of nitrogens with zero attached hydrogens (tertiary/aromatic N) is 1. The number of amides is 1. The summed E-state index contributed by atoms with van der Waals surface area (Å²) in [6, 6.07) is 14.6. The molecule has 136 valence electrons. The molecule has 0 fully saturated rings. The number of rotatable bonds is 8. The molecular weight excluding hydrogens is 354 g/mol. The van der Waals surface area contributed by atoms with E-state index in [0.717, 1.165) is 5.56 Å². The minimum absolute atomic E-state index is 0.144. The average Bonchev–Trinajstić information content (AvgIpc) is 2.66. The quantitative estimate of drug-likeness (QED) is 0.680. The highest BCUT2D eigenvalue weighted by Crippen LogP contribution is 2.11. The Morgan fingerprint density at radius 3 is 2.58 bits per heavy atom. The topological polar surface area (TPSA) is 108 Å². The molecule has 2 aromatic rings. The maximum absolute atomic E-state index is 12.1. The van der Waals surface area contributed by atoms with Crippen LogP contribution >= 0.6 is 0 Å². The number of carbonyl (C=O) groups excluding carboxylic acids is 1. The van der Waals surface area contributed by atoms with Crippen LogP contribution in [0.2, 0.25) is 0 Å². The Bertz CT molecular complexity index is 903. The highest BCUT2D eigenvalue weighted by molar-refractivity contribution is 7.89. The van der Waals surface area contributed by atoms with Gasteiger partial charge in [0.25, 0.3) is 5.91 Å². The lowest BCUT2D eigenvalue weighted by molar-refractivity contribution is 0.0951. The monoisotopic (exact) mass is 373 g/mol. The van der Waals surface area contributed by atoms with Crippen molar-refractivity contribution in [3.05, 3.63) is 65.2 Å². The van der Waals surface area contributed by atoms with Gasteiger partial charge in [0.2, 0.25) is 10.0 Å². The van der Waals surface area contributed by atoms with Gasteiger partial charge in [-0.2, -0.15) is 5.26 Å². The van der Waals surface area contributed by atoms with Gasteiger partial charge in [-0.3, -0.25) is 4.79 Å². The van der Waals surface area contributed by atoms with Crippen molar-refractivity contribution in [2.45, 2.75) is 11.4 Å². The van der Waals surface area contributed by atoms with Gasteiger partial charge in [0, 0.05) is 25.8 Å². The van der Waals surface area contributed by atoms with Crippen LogP contribution in [0.4, 0.5) is 0 Å². The molecule has 0 radical (unpaired) electrons. The second kappa shape index (κ2) is 9.10. The second-order valence-corrected chi connectivity index (χ2v) is 7.18. The Kier molecular flexibility index (Phi) is 6.86. The van der Waals surface area contributed by atoms with Gasteiger partial charge in [0.1, 0.15) is 0 Å². The molecule has 0 heterocycles. The van der Waals surface area contributed by atoms with E-state index in [1.165, 1.54) is 25.3 Å². The SMILES string of the molecule is COCCNS(=O)(=O)c1ccc(CNC(=O)c2cccc(C#N)c2)cc1. The standard InChI is InChI=1S/C18H19N3O4S/c1-25-10-9-21-26(23,24)17-7-5-14(6-8-17)13-20-18(22)16-4-2-3-15(11-16)12-19/h2-8,11,21H,9-10,13H2,1H3,(H,20,22). The Labute approximate surface area is 152 Å². The number of hydrogen-bond donors (Lipinski definition) is 2. The molecule has 2 rings (SSSR count). The first-order valence-electron chi connectivity index (χ1n) is 7.82. The fourth-order valence-electron chi connectivity index (χ4n) is 2.16. The number of nitriles is 1. The number of carbonyl (C=O) groups is 1. The van der Waals surface area contributed by atoms with Crippen molar-refractivity contribution in [2.75, 3.05) is 20.3 Å². The van der Waals surface area contributed by atoms with E-state index in [-0.39, 0.29) is 30.5 Å². The summed E-state index contributed by atoms with van der Waals surface area (Å²) in [6.07, 6.45) is 0. The zero-order valence-electron chi connectivity index (χ0n) is 14.2. The Hall–Kier alpha value is -2.73. The van der Waals surface area contributed by atoms with Gasteiger partial charge in [-0.05, 0) is 35.9 Å². The van der Waals surface area contributed by atoms with Gasteiger partial charge in [-0.1, -0.05) is 18.2 Å². The molecule has 0 saturated carbocycles. The first kappa shape index (κ1) is 19.6. The van der Waals surface area contributed by atoms with Crippen LogP contribution in [-0.2, 0) is 21.3 Å². The fourth-order valence-corrected chi connectivity index (χ4v) is 3.18. The number of nitrogens with one attached hydrogen (secondary N) is 2. The van der Waals surface area contributed by atoms with Crippen molar-refractivity contribution in [3.63, 3.8) is 0 Å². The second-order valence-electron chi connectivity index (χ2n) is 5.41. The summed E-state index contributed by atoms with van der Waals surface area (Å²) in [5.41, 5.74) is 1.56. The molecule has 0 bridgehead atoms. The van der Waals surface area contributed by atoms with Crippen molar-refractivity contribution in [1.82, 2.24) is 10.0 Å². The summed E-state index contributed by atoms with van der Waals surface area (Å²) < 4.78 is 31.4. The predicted molar refractivity (Wildman–Crippen MR) is 95.8 cm³/mol. The van der Waals surface area contributed by atoms with Gasteiger partial charge in [0.15, 0.2) is 0 Å². The largest absolute Gasteiger partial charge is 0.383 e. The molecule has 0 unspecified atom stereocenters. The average molecular weight is 373 g/mol. The van der Waals surface area contributed by atoms with Gasteiger partial charge >= 0.3 is 0 Å². The molecule has 0 atom stereocenters. The van der Waals surface area contributed by atoms with E-state index in [1.807, 2.05) is 6.07 Å². The zero-order valence-corrected chi connectivity index (χ0v) is 15.0. The van der Waals surface area contributed by atoms with Crippen molar-refractivity contribution in [1.29, 1.82) is 5.26 Å². The molecule has 0 aliphatic heterocycles. The minimum atomic E-state index is -3.58. The number of ether oxygens (including phenoxy) is 1. The molecule has 0 aliphatic rings. The summed E-state index contributed by atoms with van der Waals surface area (Å²) in [7, 11) is -2.09. The highest BCUT2D eigenvalue weighted by Gasteiger charge is 2.13. The van der Waals surface area contributed by atoms with Crippen molar-refractivity contribution < 1.29 is 17.9 Å². The van der Waals surface area contributed by atoms with Crippen molar-refractivity contribution in [2.24, 2.45) is 0 Å². The van der Waals surface area contributed by atoms with Crippen LogP contribution in [0.5, 0.6) is 0 Å². The normalized spacial score (nSPS) is 10.9. The maximum atomic E-state index is 12.1. The smallest absolute Gasteiger partial charge is 0.251 e. The summed E-state index contributed by atoms with van der Waals surface area (Å²) in [4.78, 5) is 12.3. The lowest BCUT2D eigenvalue weighted by Crippen LogP contribution is -2.27. The molecular formula is C18H19N3O4S. The van der Waals surface area contributed by atoms with E-state index < -0.39 is 10.0 Å². The van der Waals surface area contributed by atoms with Crippen LogP contribution in [-0.4, -0.2) is 34.6 Å². The van der Waals surface area contributed by atoms with Crippen molar-refractivity contribution >= 4 is 15.9 Å². The van der Waals surface area contributed by atoms with E-state index in [4.69, 9.17) is 10.00 Å². The lowest BCUT2D eigenvalue weighted by Gasteiger charge is -2.08. The predicted octanol–water partition coefficient (Wildman–Crippen LogP) is 1.41. The van der Waals surface area contributed by atoms with E-state index in [0.29, 0.717) is 11.1 Å². The third kappa shape index (κ3) is 5.39. The summed E-state index contributed by atoms with van der Waals surface area (Å²) >= 11 is 0. The van der Waals surface area contributed by atoms with E-state index in [9.17, 15) is 13.2 Å². The maximum Gasteiger partial charge on any atom is 0.251 e. The first-order chi connectivity index (χ1) is 12.5. The molecule has 0 spiro atoms. The number of hydrogen-bond acceptors (Lipinski definition) is 5. The molecule has 0 saturated heterocycles.